The second kappa shape index (κ2) is 11.4. The number of nitrogens with zero attached hydrogens (tertiary/aromatic N) is 2. The lowest BCUT2D eigenvalue weighted by atomic mass is 9.78. The van der Waals surface area contributed by atoms with E-state index in [-0.39, 0.29) is 5.41 Å². The maximum absolute atomic E-state index is 2.45. The van der Waals surface area contributed by atoms with E-state index >= 15 is 0 Å². The first kappa shape index (κ1) is 30.9. The van der Waals surface area contributed by atoms with Gasteiger partial charge in [-0.1, -0.05) is 118 Å². The van der Waals surface area contributed by atoms with Gasteiger partial charge in [0.05, 0.1) is 16.7 Å². The quantitative estimate of drug-likeness (QED) is 0.178. The zero-order valence-corrected chi connectivity index (χ0v) is 30.6. The largest absolute Gasteiger partial charge is 0.310 e. The molecule has 1 aromatic heterocycles. The van der Waals surface area contributed by atoms with Crippen molar-refractivity contribution < 1.29 is 0 Å². The van der Waals surface area contributed by atoms with Gasteiger partial charge in [0.1, 0.15) is 0 Å². The van der Waals surface area contributed by atoms with Gasteiger partial charge in [0.25, 0.3) is 0 Å². The van der Waals surface area contributed by atoms with Crippen molar-refractivity contribution in [3.63, 3.8) is 0 Å². The molecule has 0 saturated carbocycles. The van der Waals surface area contributed by atoms with Crippen molar-refractivity contribution in [3.8, 4) is 27.9 Å². The van der Waals surface area contributed by atoms with Crippen LogP contribution in [0.3, 0.4) is 0 Å². The minimum absolute atomic E-state index is 0.0698. The van der Waals surface area contributed by atoms with E-state index in [2.05, 4.69) is 206 Å². The lowest BCUT2D eigenvalue weighted by Gasteiger charge is -2.33. The first-order valence-electron chi connectivity index (χ1n) is 18.9. The van der Waals surface area contributed by atoms with Crippen LogP contribution in [0.15, 0.2) is 176 Å². The van der Waals surface area contributed by atoms with E-state index in [1.54, 1.807) is 0 Å². The normalized spacial score (nSPS) is 12.4. The van der Waals surface area contributed by atoms with E-state index in [1.807, 2.05) is 0 Å². The summed E-state index contributed by atoms with van der Waals surface area (Å²) in [6.07, 6.45) is 0. The number of rotatable bonds is 4. The van der Waals surface area contributed by atoms with E-state index in [0.717, 1.165) is 11.4 Å². The van der Waals surface area contributed by atoms with Crippen LogP contribution < -0.4 is 4.90 Å². The fraction of sp³-hybridized carbons (Fsp3) is 0.0769. The Bertz CT molecular complexity index is 3090. The maximum Gasteiger partial charge on any atom is 0.0541 e. The summed E-state index contributed by atoms with van der Waals surface area (Å²) in [5.74, 6) is 0. The molecule has 2 heteroatoms. The third-order valence-electron chi connectivity index (χ3n) is 11.5. The van der Waals surface area contributed by atoms with E-state index in [9.17, 15) is 0 Å². The standard InChI is InChI=1S/C52H38N2/c1-52(2,3)51-41-16-8-7-13-33(41)23-26-50(51)53(38-14-5-4-6-15-38)39-24-21-34-29-44-46(31-36(34)27-39)45-30-35-22-25-40(28-37(35)32-47(44)45)54-48-19-11-9-17-42(48)43-18-10-12-20-49(43)54/h4-32H,1-3H3. The molecule has 1 aliphatic carbocycles. The summed E-state index contributed by atoms with van der Waals surface area (Å²) in [5.41, 5.74) is 13.8. The van der Waals surface area contributed by atoms with Crippen molar-refractivity contribution in [3.05, 3.63) is 181 Å². The summed E-state index contributed by atoms with van der Waals surface area (Å²) in [5, 5.41) is 10.2. The summed E-state index contributed by atoms with van der Waals surface area (Å²) < 4.78 is 2.41. The van der Waals surface area contributed by atoms with E-state index in [4.69, 9.17) is 0 Å². The second-order valence-corrected chi connectivity index (χ2v) is 15.8. The van der Waals surface area contributed by atoms with Crippen molar-refractivity contribution in [1.29, 1.82) is 0 Å². The summed E-state index contributed by atoms with van der Waals surface area (Å²) in [6.45, 7) is 6.98. The molecule has 0 bridgehead atoms. The van der Waals surface area contributed by atoms with Crippen molar-refractivity contribution in [2.45, 2.75) is 26.2 Å². The van der Waals surface area contributed by atoms with E-state index < -0.39 is 0 Å². The van der Waals surface area contributed by atoms with Crippen molar-refractivity contribution >= 4 is 71.2 Å². The van der Waals surface area contributed by atoms with Gasteiger partial charge < -0.3 is 9.47 Å². The topological polar surface area (TPSA) is 8.17 Å². The summed E-state index contributed by atoms with van der Waals surface area (Å²) >= 11 is 0. The molecule has 1 heterocycles. The SMILES string of the molecule is CC(C)(C)c1c(N(c2ccccc2)c2ccc3cc4c(cc3c2)-c2cc3ccc(-n5c6ccccc6c6ccccc65)cc3cc2-4)ccc2ccccc12. The Labute approximate surface area is 315 Å². The van der Waals surface area contributed by atoms with Crippen molar-refractivity contribution in [1.82, 2.24) is 4.57 Å². The minimum atomic E-state index is -0.0698. The van der Waals surface area contributed by atoms with Gasteiger partial charge in [0.15, 0.2) is 0 Å². The molecular formula is C52H38N2. The lowest BCUT2D eigenvalue weighted by molar-refractivity contribution is 0.596. The van der Waals surface area contributed by atoms with Gasteiger partial charge in [-0.15, -0.1) is 0 Å². The van der Waals surface area contributed by atoms with Crippen LogP contribution in [0.2, 0.25) is 0 Å². The second-order valence-electron chi connectivity index (χ2n) is 15.8. The van der Waals surface area contributed by atoms with Gasteiger partial charge in [-0.25, -0.2) is 0 Å². The molecule has 54 heavy (non-hydrogen) atoms. The Kier molecular flexibility index (Phi) is 6.55. The van der Waals surface area contributed by atoms with Crippen LogP contribution in [0.5, 0.6) is 0 Å². The Morgan fingerprint density at radius 1 is 0.389 bits per heavy atom. The number of benzene rings is 9. The van der Waals surface area contributed by atoms with Gasteiger partial charge in [0, 0.05) is 27.8 Å². The summed E-state index contributed by atoms with van der Waals surface area (Å²) in [7, 11) is 0. The summed E-state index contributed by atoms with van der Waals surface area (Å²) in [6, 6.07) is 65.1. The molecule has 0 amide bonds. The van der Waals surface area contributed by atoms with Crippen LogP contribution in [0, 0.1) is 0 Å². The average molecular weight is 691 g/mol. The highest BCUT2D eigenvalue weighted by molar-refractivity contribution is 6.13. The highest BCUT2D eigenvalue weighted by Crippen LogP contribution is 2.51. The Morgan fingerprint density at radius 2 is 0.907 bits per heavy atom. The van der Waals surface area contributed by atoms with Crippen LogP contribution >= 0.6 is 0 Å². The molecule has 1 aliphatic rings. The number of hydrogen-bond acceptors (Lipinski definition) is 1. The molecule has 0 N–H and O–H groups in total. The molecule has 2 nitrogen and oxygen atoms in total. The van der Waals surface area contributed by atoms with E-state index in [1.165, 1.54) is 93.3 Å². The molecule has 0 aliphatic heterocycles. The molecule has 0 atom stereocenters. The third kappa shape index (κ3) is 4.60. The fourth-order valence-electron chi connectivity index (χ4n) is 9.12. The Morgan fingerprint density at radius 3 is 1.56 bits per heavy atom. The monoisotopic (exact) mass is 690 g/mol. The number of anilines is 3. The van der Waals surface area contributed by atoms with Crippen molar-refractivity contribution in [2.24, 2.45) is 0 Å². The first-order valence-corrected chi connectivity index (χ1v) is 18.9. The van der Waals surface area contributed by atoms with Crippen LogP contribution in [0.25, 0.3) is 82.1 Å². The highest BCUT2D eigenvalue weighted by Gasteiger charge is 2.27. The highest BCUT2D eigenvalue weighted by atomic mass is 15.1. The predicted octanol–water partition coefficient (Wildman–Crippen LogP) is 14.7. The third-order valence-corrected chi connectivity index (χ3v) is 11.5. The van der Waals surface area contributed by atoms with Gasteiger partial charge in [-0.05, 0) is 144 Å². The number of fused-ring (bicyclic) bond motifs is 10. The van der Waals surface area contributed by atoms with Crippen molar-refractivity contribution in [2.75, 3.05) is 4.90 Å². The maximum atomic E-state index is 2.45. The average Bonchev–Trinajstić information content (AvgIpc) is 3.54. The van der Waals surface area contributed by atoms with Gasteiger partial charge in [-0.2, -0.15) is 0 Å². The van der Waals surface area contributed by atoms with Crippen LogP contribution in [-0.4, -0.2) is 4.57 Å². The van der Waals surface area contributed by atoms with Crippen LogP contribution in [-0.2, 0) is 5.41 Å². The lowest BCUT2D eigenvalue weighted by Crippen LogP contribution is -2.19. The predicted molar refractivity (Wildman–Crippen MR) is 231 cm³/mol. The zero-order valence-electron chi connectivity index (χ0n) is 30.6. The number of aromatic nitrogens is 1. The number of hydrogen-bond donors (Lipinski definition) is 0. The van der Waals surface area contributed by atoms with Gasteiger partial charge >= 0.3 is 0 Å². The van der Waals surface area contributed by atoms with Crippen LogP contribution in [0.4, 0.5) is 17.1 Å². The molecule has 0 spiro atoms. The molecular weight excluding hydrogens is 653 g/mol. The minimum Gasteiger partial charge on any atom is -0.310 e. The molecule has 0 unspecified atom stereocenters. The molecule has 0 radical (unpaired) electrons. The van der Waals surface area contributed by atoms with Crippen LogP contribution in [0.1, 0.15) is 26.3 Å². The zero-order chi connectivity index (χ0) is 36.1. The van der Waals surface area contributed by atoms with Gasteiger partial charge in [0.2, 0.25) is 0 Å². The molecule has 256 valence electrons. The van der Waals surface area contributed by atoms with Gasteiger partial charge in [-0.3, -0.25) is 0 Å². The summed E-state index contributed by atoms with van der Waals surface area (Å²) in [4.78, 5) is 2.45. The smallest absolute Gasteiger partial charge is 0.0541 e. The fourth-order valence-corrected chi connectivity index (χ4v) is 9.12. The molecule has 11 rings (SSSR count). The Balaban J connectivity index is 1.03. The molecule has 0 fully saturated rings. The first-order chi connectivity index (χ1) is 26.4. The Hall–Kier alpha value is -6.64. The molecule has 9 aromatic carbocycles. The number of para-hydroxylation sites is 3. The molecule has 10 aromatic rings. The van der Waals surface area contributed by atoms with E-state index in [0.29, 0.717) is 0 Å². The molecule has 0 saturated heterocycles.